The van der Waals surface area contributed by atoms with E-state index < -0.39 is 10.0 Å². The highest BCUT2D eigenvalue weighted by Gasteiger charge is 2.16. The standard InChI is InChI=1S/C11H15N3O2S3/c1-12-6-10-2-3-11(18-10)19(15,16)14-5-4-9-7-17-8-13-9/h2-3,7-8,12,14H,4-6H2,1H3. The second-order valence-electron chi connectivity index (χ2n) is 3.88. The van der Waals surface area contributed by atoms with Crippen molar-refractivity contribution in [1.82, 2.24) is 15.0 Å². The third-order valence-corrected chi connectivity index (χ3v) is 6.08. The second kappa shape index (κ2) is 6.58. The predicted molar refractivity (Wildman–Crippen MR) is 78.1 cm³/mol. The van der Waals surface area contributed by atoms with Crippen LogP contribution in [0.25, 0.3) is 0 Å². The fourth-order valence-electron chi connectivity index (χ4n) is 1.52. The number of thiazole rings is 1. The minimum Gasteiger partial charge on any atom is -0.315 e. The second-order valence-corrected chi connectivity index (χ2v) is 7.76. The number of nitrogens with one attached hydrogen (secondary N) is 2. The smallest absolute Gasteiger partial charge is 0.250 e. The van der Waals surface area contributed by atoms with Gasteiger partial charge in [0.1, 0.15) is 4.21 Å². The third-order valence-electron chi connectivity index (χ3n) is 2.41. The van der Waals surface area contributed by atoms with Gasteiger partial charge in [0.05, 0.1) is 11.2 Å². The van der Waals surface area contributed by atoms with E-state index in [0.29, 0.717) is 23.7 Å². The maximum atomic E-state index is 12.0. The lowest BCUT2D eigenvalue weighted by molar-refractivity contribution is 0.583. The van der Waals surface area contributed by atoms with Crippen molar-refractivity contribution in [2.75, 3.05) is 13.6 Å². The summed E-state index contributed by atoms with van der Waals surface area (Å²) in [6.07, 6.45) is 0.609. The van der Waals surface area contributed by atoms with Crippen LogP contribution in [0, 0.1) is 0 Å². The van der Waals surface area contributed by atoms with Gasteiger partial charge >= 0.3 is 0 Å². The van der Waals surface area contributed by atoms with Crippen LogP contribution in [-0.2, 0) is 23.0 Å². The zero-order valence-electron chi connectivity index (χ0n) is 10.4. The first-order chi connectivity index (χ1) is 9.12. The molecule has 2 N–H and O–H groups in total. The number of rotatable bonds is 7. The summed E-state index contributed by atoms with van der Waals surface area (Å²) in [6, 6.07) is 3.47. The Kier molecular flexibility index (Phi) is 5.06. The maximum Gasteiger partial charge on any atom is 0.250 e. The quantitative estimate of drug-likeness (QED) is 0.811. The van der Waals surface area contributed by atoms with E-state index in [0.717, 1.165) is 10.6 Å². The van der Waals surface area contributed by atoms with E-state index in [9.17, 15) is 8.42 Å². The van der Waals surface area contributed by atoms with E-state index in [-0.39, 0.29) is 0 Å². The average Bonchev–Trinajstić information content (AvgIpc) is 3.00. The molecule has 2 aromatic rings. The van der Waals surface area contributed by atoms with Gasteiger partial charge in [0, 0.05) is 29.8 Å². The van der Waals surface area contributed by atoms with Gasteiger partial charge < -0.3 is 5.32 Å². The summed E-state index contributed by atoms with van der Waals surface area (Å²) in [4.78, 5) is 5.12. The maximum absolute atomic E-state index is 12.0. The van der Waals surface area contributed by atoms with Crippen molar-refractivity contribution in [2.45, 2.75) is 17.2 Å². The number of aromatic nitrogens is 1. The number of hydrogen-bond donors (Lipinski definition) is 2. The first-order valence-electron chi connectivity index (χ1n) is 5.72. The zero-order chi connectivity index (χ0) is 13.7. The molecule has 0 spiro atoms. The van der Waals surface area contributed by atoms with Gasteiger partial charge in [-0.05, 0) is 19.2 Å². The van der Waals surface area contributed by atoms with Gasteiger partial charge in [-0.2, -0.15) is 0 Å². The third kappa shape index (κ3) is 4.08. The molecule has 8 heteroatoms. The number of thiophene rings is 1. The molecule has 0 saturated heterocycles. The Balaban J connectivity index is 1.93. The zero-order valence-corrected chi connectivity index (χ0v) is 12.9. The van der Waals surface area contributed by atoms with Crippen molar-refractivity contribution in [2.24, 2.45) is 0 Å². The molecule has 0 fully saturated rings. The molecule has 0 aliphatic rings. The Morgan fingerprint density at radius 2 is 2.21 bits per heavy atom. The summed E-state index contributed by atoms with van der Waals surface area (Å²) < 4.78 is 27.0. The Morgan fingerprint density at radius 1 is 1.37 bits per heavy atom. The fraction of sp³-hybridized carbons (Fsp3) is 0.364. The molecule has 0 saturated carbocycles. The van der Waals surface area contributed by atoms with Crippen molar-refractivity contribution in [3.05, 3.63) is 33.6 Å². The molecule has 0 aliphatic heterocycles. The summed E-state index contributed by atoms with van der Waals surface area (Å²) in [5.41, 5.74) is 2.65. The van der Waals surface area contributed by atoms with Crippen LogP contribution in [0.15, 0.2) is 27.2 Å². The van der Waals surface area contributed by atoms with Gasteiger partial charge in [-0.3, -0.25) is 0 Å². The Hall–Kier alpha value is -0.800. The van der Waals surface area contributed by atoms with E-state index in [2.05, 4.69) is 15.0 Å². The molecule has 0 radical (unpaired) electrons. The van der Waals surface area contributed by atoms with Crippen LogP contribution in [-0.4, -0.2) is 27.0 Å². The normalized spacial score (nSPS) is 11.8. The highest BCUT2D eigenvalue weighted by atomic mass is 32.2. The summed E-state index contributed by atoms with van der Waals surface area (Å²) in [7, 11) is -1.56. The first-order valence-corrected chi connectivity index (χ1v) is 8.96. The van der Waals surface area contributed by atoms with Gasteiger partial charge in [0.15, 0.2) is 0 Å². The molecule has 2 aromatic heterocycles. The number of sulfonamides is 1. The minimum atomic E-state index is -3.39. The van der Waals surface area contributed by atoms with E-state index in [1.807, 2.05) is 18.5 Å². The minimum absolute atomic E-state index is 0.357. The van der Waals surface area contributed by atoms with Crippen LogP contribution in [0.2, 0.25) is 0 Å². The number of hydrogen-bond acceptors (Lipinski definition) is 6. The van der Waals surface area contributed by atoms with Crippen molar-refractivity contribution < 1.29 is 8.42 Å². The van der Waals surface area contributed by atoms with Crippen LogP contribution in [0.5, 0.6) is 0 Å². The molecular formula is C11H15N3O2S3. The Bertz CT molecular complexity index is 605. The molecule has 19 heavy (non-hydrogen) atoms. The lowest BCUT2D eigenvalue weighted by atomic mass is 10.3. The van der Waals surface area contributed by atoms with E-state index in [4.69, 9.17) is 0 Å². The van der Waals surface area contributed by atoms with E-state index in [1.165, 1.54) is 22.7 Å². The summed E-state index contributed by atoms with van der Waals surface area (Å²) in [5, 5.41) is 4.92. The van der Waals surface area contributed by atoms with Crippen LogP contribution in [0.4, 0.5) is 0 Å². The molecular weight excluding hydrogens is 302 g/mol. The van der Waals surface area contributed by atoms with Crippen molar-refractivity contribution in [3.63, 3.8) is 0 Å². The summed E-state index contributed by atoms with van der Waals surface area (Å²) in [6.45, 7) is 1.05. The Morgan fingerprint density at radius 3 is 2.89 bits per heavy atom. The highest BCUT2D eigenvalue weighted by molar-refractivity contribution is 7.91. The van der Waals surface area contributed by atoms with Crippen molar-refractivity contribution in [1.29, 1.82) is 0 Å². The largest absolute Gasteiger partial charge is 0.315 e. The van der Waals surface area contributed by atoms with Crippen LogP contribution in [0.1, 0.15) is 10.6 Å². The molecule has 0 atom stereocenters. The van der Waals surface area contributed by atoms with E-state index in [1.54, 1.807) is 11.6 Å². The topological polar surface area (TPSA) is 71.1 Å². The van der Waals surface area contributed by atoms with Gasteiger partial charge in [0.2, 0.25) is 10.0 Å². The Labute approximate surface area is 120 Å². The van der Waals surface area contributed by atoms with Gasteiger partial charge in [0.25, 0.3) is 0 Å². The van der Waals surface area contributed by atoms with E-state index >= 15 is 0 Å². The lowest BCUT2D eigenvalue weighted by Crippen LogP contribution is -2.25. The molecule has 104 valence electrons. The predicted octanol–water partition coefficient (Wildman–Crippen LogP) is 1.45. The SMILES string of the molecule is CNCc1ccc(S(=O)(=O)NCCc2cscn2)s1. The monoisotopic (exact) mass is 317 g/mol. The average molecular weight is 317 g/mol. The summed E-state index contributed by atoms with van der Waals surface area (Å²) >= 11 is 2.80. The van der Waals surface area contributed by atoms with Gasteiger partial charge in [-0.1, -0.05) is 0 Å². The summed E-state index contributed by atoms with van der Waals surface area (Å²) in [5.74, 6) is 0. The number of nitrogens with zero attached hydrogens (tertiary/aromatic N) is 1. The van der Waals surface area contributed by atoms with Crippen LogP contribution >= 0.6 is 22.7 Å². The molecule has 0 bridgehead atoms. The highest BCUT2D eigenvalue weighted by Crippen LogP contribution is 2.21. The molecule has 5 nitrogen and oxygen atoms in total. The molecule has 0 aromatic carbocycles. The van der Waals surface area contributed by atoms with Gasteiger partial charge in [-0.15, -0.1) is 22.7 Å². The lowest BCUT2D eigenvalue weighted by Gasteiger charge is -2.03. The van der Waals surface area contributed by atoms with Gasteiger partial charge in [-0.25, -0.2) is 18.1 Å². The van der Waals surface area contributed by atoms with Crippen molar-refractivity contribution >= 4 is 32.7 Å². The van der Waals surface area contributed by atoms with Crippen LogP contribution in [0.3, 0.4) is 0 Å². The van der Waals surface area contributed by atoms with Crippen molar-refractivity contribution in [3.8, 4) is 0 Å². The molecule has 2 heterocycles. The fourth-order valence-corrected chi connectivity index (χ4v) is 4.55. The molecule has 2 rings (SSSR count). The molecule has 0 unspecified atom stereocenters. The molecule has 0 amide bonds. The van der Waals surface area contributed by atoms with Crippen LogP contribution < -0.4 is 10.0 Å². The molecule has 0 aliphatic carbocycles. The first kappa shape index (κ1) is 14.6.